The van der Waals surface area contributed by atoms with Gasteiger partial charge < -0.3 is 4.74 Å². The van der Waals surface area contributed by atoms with Crippen molar-refractivity contribution in [1.82, 2.24) is 0 Å². The molecule has 4 nitrogen and oxygen atoms in total. The molecule has 0 spiro atoms. The second-order valence-electron chi connectivity index (χ2n) is 6.34. The molecular formula is C18H19BrO4S. The van der Waals surface area contributed by atoms with Crippen LogP contribution in [0.15, 0.2) is 64.4 Å². The molecule has 0 fully saturated rings. The fourth-order valence-corrected chi connectivity index (χ4v) is 4.13. The van der Waals surface area contributed by atoms with E-state index in [9.17, 15) is 13.2 Å². The first-order valence-corrected chi connectivity index (χ1v) is 9.77. The van der Waals surface area contributed by atoms with Crippen LogP contribution in [0.1, 0.15) is 20.8 Å². The Balaban J connectivity index is 2.18. The van der Waals surface area contributed by atoms with Gasteiger partial charge in [0.2, 0.25) is 14.9 Å². The van der Waals surface area contributed by atoms with Gasteiger partial charge in [0.1, 0.15) is 5.75 Å². The largest absolute Gasteiger partial charge is 0.471 e. The summed E-state index contributed by atoms with van der Waals surface area (Å²) in [7, 11) is -3.56. The number of sulfone groups is 1. The Labute approximate surface area is 150 Å². The van der Waals surface area contributed by atoms with Crippen molar-refractivity contribution >= 4 is 31.6 Å². The second-order valence-corrected chi connectivity index (χ2v) is 9.12. The van der Waals surface area contributed by atoms with E-state index >= 15 is 0 Å². The van der Waals surface area contributed by atoms with Crippen molar-refractivity contribution in [2.75, 3.05) is 0 Å². The number of ether oxygens (including phenoxy) is 1. The third-order valence-electron chi connectivity index (χ3n) is 3.37. The zero-order valence-corrected chi connectivity index (χ0v) is 16.1. The Morgan fingerprint density at radius 1 is 0.958 bits per heavy atom. The minimum Gasteiger partial charge on any atom is -0.471 e. The molecule has 2 aromatic rings. The number of hydrogen-bond donors (Lipinski definition) is 0. The van der Waals surface area contributed by atoms with E-state index in [0.29, 0.717) is 5.75 Å². The Bertz CT molecular complexity index is 806. The van der Waals surface area contributed by atoms with Crippen LogP contribution in [0.4, 0.5) is 0 Å². The maximum absolute atomic E-state index is 12.5. The molecule has 0 aliphatic carbocycles. The first-order valence-electron chi connectivity index (χ1n) is 7.37. The molecule has 128 valence electrons. The summed E-state index contributed by atoms with van der Waals surface area (Å²) in [4.78, 5) is 12.5. The monoisotopic (exact) mass is 410 g/mol. The van der Waals surface area contributed by atoms with Gasteiger partial charge in [0.05, 0.1) is 9.79 Å². The van der Waals surface area contributed by atoms with Gasteiger partial charge in [0.25, 0.3) is 0 Å². The van der Waals surface area contributed by atoms with Crippen LogP contribution in [0.5, 0.6) is 5.75 Å². The van der Waals surface area contributed by atoms with E-state index < -0.39 is 20.3 Å². The van der Waals surface area contributed by atoms with Crippen LogP contribution in [0.2, 0.25) is 0 Å². The third kappa shape index (κ3) is 4.24. The molecule has 0 amide bonds. The lowest BCUT2D eigenvalue weighted by Crippen LogP contribution is -2.32. The van der Waals surface area contributed by atoms with Crippen LogP contribution in [0.3, 0.4) is 0 Å². The fourth-order valence-electron chi connectivity index (χ4n) is 1.95. The lowest BCUT2D eigenvalue weighted by atomic mass is 9.91. The second kappa shape index (κ2) is 7.07. The highest BCUT2D eigenvalue weighted by Gasteiger charge is 2.29. The Morgan fingerprint density at radius 2 is 1.46 bits per heavy atom. The number of Topliss-reactive ketones (excluding diaryl/α,β-unsaturated/α-hetero) is 1. The van der Waals surface area contributed by atoms with Crippen molar-refractivity contribution < 1.29 is 17.9 Å². The van der Waals surface area contributed by atoms with Crippen LogP contribution in [0, 0.1) is 5.41 Å². The Morgan fingerprint density at radius 3 is 1.96 bits per heavy atom. The van der Waals surface area contributed by atoms with Gasteiger partial charge in [-0.3, -0.25) is 4.79 Å². The predicted molar refractivity (Wildman–Crippen MR) is 96.1 cm³/mol. The van der Waals surface area contributed by atoms with Gasteiger partial charge >= 0.3 is 0 Å². The highest BCUT2D eigenvalue weighted by molar-refractivity contribution is 9.09. The van der Waals surface area contributed by atoms with E-state index in [1.807, 2.05) is 20.8 Å². The molecule has 1 unspecified atom stereocenters. The van der Waals surface area contributed by atoms with Crippen molar-refractivity contribution in [2.24, 2.45) is 5.41 Å². The summed E-state index contributed by atoms with van der Waals surface area (Å²) >= 11 is 3.22. The van der Waals surface area contributed by atoms with Gasteiger partial charge in [-0.1, -0.05) is 39.0 Å². The van der Waals surface area contributed by atoms with Crippen LogP contribution in [0.25, 0.3) is 0 Å². The third-order valence-corrected chi connectivity index (χ3v) is 5.76. The van der Waals surface area contributed by atoms with Crippen LogP contribution >= 0.6 is 15.9 Å². The normalized spacial score (nSPS) is 13.3. The van der Waals surface area contributed by atoms with E-state index in [1.165, 1.54) is 12.1 Å². The SMILES string of the molecule is CC(C)(C)C(=O)C(Br)Oc1ccc(S(=O)(=O)c2ccccc2)cc1. The molecule has 0 saturated carbocycles. The lowest BCUT2D eigenvalue weighted by molar-refractivity contribution is -0.129. The number of halogens is 1. The van der Waals surface area contributed by atoms with Crippen molar-refractivity contribution in [3.05, 3.63) is 54.6 Å². The number of carbonyl (C=O) groups excluding carboxylic acids is 1. The average molecular weight is 411 g/mol. The summed E-state index contributed by atoms with van der Waals surface area (Å²) in [6, 6.07) is 14.2. The molecule has 0 bridgehead atoms. The summed E-state index contributed by atoms with van der Waals surface area (Å²) in [5.74, 6) is 0.324. The molecule has 2 aromatic carbocycles. The van der Waals surface area contributed by atoms with Crippen molar-refractivity contribution in [2.45, 2.75) is 35.6 Å². The number of benzene rings is 2. The van der Waals surface area contributed by atoms with Gasteiger partial charge in [-0.15, -0.1) is 0 Å². The molecule has 0 aliphatic heterocycles. The van der Waals surface area contributed by atoms with Crippen LogP contribution in [-0.2, 0) is 14.6 Å². The fraction of sp³-hybridized carbons (Fsp3) is 0.278. The molecule has 24 heavy (non-hydrogen) atoms. The van der Waals surface area contributed by atoms with Crippen molar-refractivity contribution in [3.8, 4) is 5.75 Å². The molecule has 0 N–H and O–H groups in total. The van der Waals surface area contributed by atoms with E-state index in [1.54, 1.807) is 42.5 Å². The van der Waals surface area contributed by atoms with E-state index in [4.69, 9.17) is 4.74 Å². The molecule has 2 rings (SSSR count). The van der Waals surface area contributed by atoms with E-state index in [-0.39, 0.29) is 15.6 Å². The molecule has 0 saturated heterocycles. The van der Waals surface area contributed by atoms with Gasteiger partial charge in [0.15, 0.2) is 5.78 Å². The average Bonchev–Trinajstić information content (AvgIpc) is 2.54. The molecule has 0 radical (unpaired) electrons. The number of carbonyl (C=O) groups is 1. The number of alkyl halides is 1. The van der Waals surface area contributed by atoms with Crippen molar-refractivity contribution in [3.63, 3.8) is 0 Å². The Kier molecular flexibility index (Phi) is 5.50. The summed E-state index contributed by atoms with van der Waals surface area (Å²) in [5, 5.41) is -0.783. The summed E-state index contributed by atoms with van der Waals surface area (Å²) < 4.78 is 30.6. The summed E-state index contributed by atoms with van der Waals surface area (Å²) in [5.41, 5.74) is -0.537. The van der Waals surface area contributed by atoms with Crippen molar-refractivity contribution in [1.29, 1.82) is 0 Å². The highest BCUT2D eigenvalue weighted by atomic mass is 79.9. The highest BCUT2D eigenvalue weighted by Crippen LogP contribution is 2.26. The number of hydrogen-bond acceptors (Lipinski definition) is 4. The predicted octanol–water partition coefficient (Wildman–Crippen LogP) is 4.23. The van der Waals surface area contributed by atoms with Gasteiger partial charge in [-0.05, 0) is 52.3 Å². The molecule has 0 heterocycles. The molecular weight excluding hydrogens is 392 g/mol. The maximum atomic E-state index is 12.5. The molecule has 0 aliphatic rings. The standard InChI is InChI=1S/C18H19BrO4S/c1-18(2,3)16(20)17(19)23-13-9-11-15(12-10-13)24(21,22)14-7-5-4-6-8-14/h4-12,17H,1-3H3. The molecule has 0 aromatic heterocycles. The first-order chi connectivity index (χ1) is 11.1. The summed E-state index contributed by atoms with van der Waals surface area (Å²) in [6.45, 7) is 5.42. The van der Waals surface area contributed by atoms with Gasteiger partial charge in [-0.2, -0.15) is 0 Å². The zero-order valence-electron chi connectivity index (χ0n) is 13.7. The minimum absolute atomic E-state index is 0.0940. The smallest absolute Gasteiger partial charge is 0.211 e. The lowest BCUT2D eigenvalue weighted by Gasteiger charge is -2.21. The van der Waals surface area contributed by atoms with Crippen LogP contribution < -0.4 is 4.74 Å². The first kappa shape index (κ1) is 18.7. The van der Waals surface area contributed by atoms with Crippen LogP contribution in [-0.4, -0.2) is 19.2 Å². The molecule has 6 heteroatoms. The van der Waals surface area contributed by atoms with E-state index in [0.717, 1.165) is 0 Å². The zero-order chi connectivity index (χ0) is 18.0. The van der Waals surface area contributed by atoms with E-state index in [2.05, 4.69) is 15.9 Å². The number of ketones is 1. The topological polar surface area (TPSA) is 60.4 Å². The Hall–Kier alpha value is -1.66. The van der Waals surface area contributed by atoms with Gasteiger partial charge in [-0.25, -0.2) is 8.42 Å². The number of rotatable bonds is 5. The quantitative estimate of drug-likeness (QED) is 0.691. The minimum atomic E-state index is -3.56. The molecule has 1 atom stereocenters. The maximum Gasteiger partial charge on any atom is 0.211 e. The van der Waals surface area contributed by atoms with Gasteiger partial charge in [0, 0.05) is 5.41 Å². The summed E-state index contributed by atoms with van der Waals surface area (Å²) in [6.07, 6.45) is 0.